The zero-order chi connectivity index (χ0) is 14.0. The van der Waals surface area contributed by atoms with E-state index in [1.54, 1.807) is 18.2 Å². The summed E-state index contributed by atoms with van der Waals surface area (Å²) in [6.07, 6.45) is 0.361. The van der Waals surface area contributed by atoms with Crippen LogP contribution in [0.5, 0.6) is 0 Å². The van der Waals surface area contributed by atoms with E-state index in [1.165, 1.54) is 18.2 Å². The maximum Gasteiger partial charge on any atom is 0.128 e. The van der Waals surface area contributed by atoms with Crippen LogP contribution in [0.2, 0.25) is 5.02 Å². The molecule has 1 unspecified atom stereocenters. The van der Waals surface area contributed by atoms with Crippen molar-refractivity contribution in [1.29, 1.82) is 0 Å². The van der Waals surface area contributed by atoms with Crippen molar-refractivity contribution in [1.82, 2.24) is 0 Å². The van der Waals surface area contributed by atoms with E-state index in [0.717, 1.165) is 5.56 Å². The molecule has 2 aromatic carbocycles. The fourth-order valence-electron chi connectivity index (χ4n) is 1.98. The molecule has 1 nitrogen and oxygen atoms in total. The molecule has 1 atom stereocenters. The quantitative estimate of drug-likeness (QED) is 0.898. The Kier molecular flexibility index (Phi) is 4.17. The Labute approximate surface area is 116 Å². The summed E-state index contributed by atoms with van der Waals surface area (Å²) in [5.74, 6) is -0.736. The van der Waals surface area contributed by atoms with Gasteiger partial charge in [0.25, 0.3) is 0 Å². The molecule has 0 bridgehead atoms. The molecular formula is C15H14ClF2N. The molecule has 0 fully saturated rings. The van der Waals surface area contributed by atoms with Crippen LogP contribution in [-0.2, 0) is 6.42 Å². The third kappa shape index (κ3) is 3.31. The van der Waals surface area contributed by atoms with Gasteiger partial charge in [0.1, 0.15) is 11.6 Å². The molecule has 2 aromatic rings. The first-order valence-electron chi connectivity index (χ1n) is 5.93. The van der Waals surface area contributed by atoms with E-state index in [4.69, 9.17) is 17.3 Å². The van der Waals surface area contributed by atoms with Crippen LogP contribution in [0.15, 0.2) is 36.4 Å². The van der Waals surface area contributed by atoms with E-state index in [9.17, 15) is 8.78 Å². The van der Waals surface area contributed by atoms with Crippen molar-refractivity contribution in [3.8, 4) is 0 Å². The number of aryl methyl sites for hydroxylation is 1. The molecule has 0 aliphatic heterocycles. The predicted molar refractivity (Wildman–Crippen MR) is 73.2 cm³/mol. The summed E-state index contributed by atoms with van der Waals surface area (Å²) in [6, 6.07) is 8.43. The second kappa shape index (κ2) is 5.68. The molecule has 0 amide bonds. The van der Waals surface area contributed by atoms with Gasteiger partial charge in [-0.25, -0.2) is 8.78 Å². The van der Waals surface area contributed by atoms with Crippen molar-refractivity contribution in [2.45, 2.75) is 19.4 Å². The zero-order valence-corrected chi connectivity index (χ0v) is 11.2. The second-order valence-electron chi connectivity index (χ2n) is 4.57. The van der Waals surface area contributed by atoms with Crippen LogP contribution in [-0.4, -0.2) is 0 Å². The molecule has 0 aliphatic rings. The largest absolute Gasteiger partial charge is 0.324 e. The van der Waals surface area contributed by atoms with E-state index >= 15 is 0 Å². The van der Waals surface area contributed by atoms with E-state index in [0.29, 0.717) is 22.6 Å². The van der Waals surface area contributed by atoms with Gasteiger partial charge in [-0.1, -0.05) is 35.4 Å². The Morgan fingerprint density at radius 3 is 2.58 bits per heavy atom. The molecule has 0 aliphatic carbocycles. The molecular weight excluding hydrogens is 268 g/mol. The van der Waals surface area contributed by atoms with Gasteiger partial charge in [0.05, 0.1) is 0 Å². The van der Waals surface area contributed by atoms with Crippen molar-refractivity contribution < 1.29 is 8.78 Å². The Morgan fingerprint density at radius 2 is 1.89 bits per heavy atom. The number of nitrogens with two attached hydrogens (primary N) is 1. The number of hydrogen-bond donors (Lipinski definition) is 1. The van der Waals surface area contributed by atoms with E-state index in [2.05, 4.69) is 0 Å². The maximum absolute atomic E-state index is 13.7. The average molecular weight is 282 g/mol. The maximum atomic E-state index is 13.7. The Hall–Kier alpha value is -1.45. The van der Waals surface area contributed by atoms with Crippen LogP contribution in [0.4, 0.5) is 8.78 Å². The van der Waals surface area contributed by atoms with Crippen LogP contribution in [0, 0.1) is 18.6 Å². The number of benzene rings is 2. The van der Waals surface area contributed by atoms with Gasteiger partial charge in [0.15, 0.2) is 0 Å². The molecule has 0 radical (unpaired) electrons. The molecule has 0 saturated heterocycles. The van der Waals surface area contributed by atoms with Gasteiger partial charge < -0.3 is 5.73 Å². The fraction of sp³-hybridized carbons (Fsp3) is 0.200. The van der Waals surface area contributed by atoms with E-state index < -0.39 is 11.9 Å². The van der Waals surface area contributed by atoms with Gasteiger partial charge in [0.2, 0.25) is 0 Å². The average Bonchev–Trinajstić information content (AvgIpc) is 2.35. The monoisotopic (exact) mass is 281 g/mol. The highest BCUT2D eigenvalue weighted by molar-refractivity contribution is 6.31. The number of rotatable bonds is 3. The highest BCUT2D eigenvalue weighted by Crippen LogP contribution is 2.25. The summed E-state index contributed by atoms with van der Waals surface area (Å²) in [6.45, 7) is 1.88. The minimum absolute atomic E-state index is 0.309. The van der Waals surface area contributed by atoms with Crippen LogP contribution >= 0.6 is 11.6 Å². The first-order chi connectivity index (χ1) is 8.97. The van der Waals surface area contributed by atoms with Gasteiger partial charge in [-0.2, -0.15) is 0 Å². The molecule has 0 aromatic heterocycles. The van der Waals surface area contributed by atoms with Gasteiger partial charge in [-0.05, 0) is 37.1 Å². The van der Waals surface area contributed by atoms with Crippen LogP contribution < -0.4 is 5.73 Å². The van der Waals surface area contributed by atoms with Gasteiger partial charge in [-0.3, -0.25) is 0 Å². The third-order valence-corrected chi connectivity index (χ3v) is 3.36. The molecule has 0 spiro atoms. The summed E-state index contributed by atoms with van der Waals surface area (Å²) in [5, 5.41) is 0.309. The van der Waals surface area contributed by atoms with Crippen LogP contribution in [0.3, 0.4) is 0 Å². The number of halogens is 3. The van der Waals surface area contributed by atoms with Crippen molar-refractivity contribution in [3.63, 3.8) is 0 Å². The normalized spacial score (nSPS) is 12.5. The first-order valence-corrected chi connectivity index (χ1v) is 6.30. The zero-order valence-electron chi connectivity index (χ0n) is 10.5. The van der Waals surface area contributed by atoms with Gasteiger partial charge >= 0.3 is 0 Å². The molecule has 100 valence electrons. The fourth-order valence-corrected chi connectivity index (χ4v) is 2.23. The van der Waals surface area contributed by atoms with Crippen molar-refractivity contribution in [3.05, 3.63) is 69.7 Å². The lowest BCUT2D eigenvalue weighted by molar-refractivity contribution is 0.579. The molecule has 2 N–H and O–H groups in total. The molecule has 4 heteroatoms. The standard InChI is InChI=1S/C15H14ClF2N/c1-9-2-5-14(18)12(6-9)15(19)7-10-3-4-11(17)8-13(10)16/h2-6,8,15H,7,19H2,1H3. The van der Waals surface area contributed by atoms with Crippen LogP contribution in [0.1, 0.15) is 22.7 Å². The lowest BCUT2D eigenvalue weighted by Crippen LogP contribution is -2.15. The lowest BCUT2D eigenvalue weighted by atomic mass is 9.98. The van der Waals surface area contributed by atoms with Crippen molar-refractivity contribution in [2.75, 3.05) is 0 Å². The first kappa shape index (κ1) is 14.0. The predicted octanol–water partition coefficient (Wildman–Crippen LogP) is 4.17. The lowest BCUT2D eigenvalue weighted by Gasteiger charge is -2.14. The summed E-state index contributed by atoms with van der Waals surface area (Å²) >= 11 is 5.94. The summed E-state index contributed by atoms with van der Waals surface area (Å²) in [7, 11) is 0. The number of hydrogen-bond acceptors (Lipinski definition) is 1. The minimum atomic E-state index is -0.511. The minimum Gasteiger partial charge on any atom is -0.324 e. The summed E-state index contributed by atoms with van der Waals surface area (Å²) < 4.78 is 26.7. The topological polar surface area (TPSA) is 26.0 Å². The van der Waals surface area contributed by atoms with Gasteiger partial charge in [0, 0.05) is 16.6 Å². The summed E-state index contributed by atoms with van der Waals surface area (Å²) in [4.78, 5) is 0. The van der Waals surface area contributed by atoms with Crippen molar-refractivity contribution in [2.24, 2.45) is 5.73 Å². The third-order valence-electron chi connectivity index (χ3n) is 3.01. The van der Waals surface area contributed by atoms with E-state index in [1.807, 2.05) is 6.92 Å². The molecule has 19 heavy (non-hydrogen) atoms. The molecule has 2 rings (SSSR count). The smallest absolute Gasteiger partial charge is 0.128 e. The highest BCUT2D eigenvalue weighted by atomic mass is 35.5. The molecule has 0 saturated carbocycles. The SMILES string of the molecule is Cc1ccc(F)c(C(N)Cc2ccc(F)cc2Cl)c1. The Morgan fingerprint density at radius 1 is 1.16 bits per heavy atom. The van der Waals surface area contributed by atoms with Crippen LogP contribution in [0.25, 0.3) is 0 Å². The highest BCUT2D eigenvalue weighted by Gasteiger charge is 2.14. The second-order valence-corrected chi connectivity index (χ2v) is 4.98. The van der Waals surface area contributed by atoms with E-state index in [-0.39, 0.29) is 5.82 Å². The Balaban J connectivity index is 2.25. The Bertz CT molecular complexity index is 599. The van der Waals surface area contributed by atoms with Gasteiger partial charge in [-0.15, -0.1) is 0 Å². The summed E-state index contributed by atoms with van der Waals surface area (Å²) in [5.41, 5.74) is 8.10. The molecule has 0 heterocycles. The van der Waals surface area contributed by atoms with Crippen molar-refractivity contribution >= 4 is 11.6 Å².